The summed E-state index contributed by atoms with van der Waals surface area (Å²) >= 11 is 0. The van der Waals surface area contributed by atoms with E-state index < -0.39 is 23.3 Å². The van der Waals surface area contributed by atoms with E-state index in [9.17, 15) is 8.78 Å². The summed E-state index contributed by atoms with van der Waals surface area (Å²) in [5.41, 5.74) is 2.46. The van der Waals surface area contributed by atoms with Gasteiger partial charge in [-0.05, 0) is 98.9 Å². The van der Waals surface area contributed by atoms with Gasteiger partial charge >= 0.3 is 0 Å². The number of benzene rings is 3. The minimum atomic E-state index is -1.25. The molecule has 0 aromatic heterocycles. The summed E-state index contributed by atoms with van der Waals surface area (Å²) in [5, 5.41) is 0. The van der Waals surface area contributed by atoms with Gasteiger partial charge in [-0.3, -0.25) is 0 Å². The van der Waals surface area contributed by atoms with E-state index in [0.29, 0.717) is 11.5 Å². The van der Waals surface area contributed by atoms with Crippen molar-refractivity contribution in [2.75, 3.05) is 6.61 Å². The summed E-state index contributed by atoms with van der Waals surface area (Å²) in [6.45, 7) is 4.04. The average molecular weight is 553 g/mol. The zero-order valence-electron chi connectivity index (χ0n) is 23.6. The molecule has 3 aromatic rings. The van der Waals surface area contributed by atoms with Gasteiger partial charge in [0.25, 0.3) is 0 Å². The molecule has 40 heavy (non-hydrogen) atoms. The first-order valence-electron chi connectivity index (χ1n) is 14.8. The molecule has 0 atom stereocenters. The monoisotopic (exact) mass is 552 g/mol. The Bertz CT molecular complexity index is 1270. The maximum Gasteiger partial charge on any atom is 0.201 e. The molecule has 0 aliphatic heterocycles. The van der Waals surface area contributed by atoms with Crippen LogP contribution in [-0.4, -0.2) is 6.61 Å². The molecule has 1 aliphatic rings. The molecular formula is C35H40F4O. The van der Waals surface area contributed by atoms with Crippen molar-refractivity contribution in [3.8, 4) is 16.9 Å². The summed E-state index contributed by atoms with van der Waals surface area (Å²) in [7, 11) is 0. The van der Waals surface area contributed by atoms with Crippen LogP contribution in [0.2, 0.25) is 0 Å². The van der Waals surface area contributed by atoms with Crippen LogP contribution < -0.4 is 4.74 Å². The van der Waals surface area contributed by atoms with Gasteiger partial charge in [-0.2, -0.15) is 4.39 Å². The van der Waals surface area contributed by atoms with Crippen LogP contribution in [0.25, 0.3) is 11.1 Å². The number of hydrogen-bond donors (Lipinski definition) is 0. The fraction of sp³-hybridized carbons (Fsp3) is 0.429. The van der Waals surface area contributed by atoms with Crippen LogP contribution in [-0.2, 0) is 12.8 Å². The lowest BCUT2D eigenvalue weighted by atomic mass is 9.78. The van der Waals surface area contributed by atoms with Crippen LogP contribution in [0.4, 0.5) is 17.6 Å². The van der Waals surface area contributed by atoms with Crippen LogP contribution in [0.15, 0.2) is 60.7 Å². The van der Waals surface area contributed by atoms with Gasteiger partial charge in [-0.25, -0.2) is 13.2 Å². The van der Waals surface area contributed by atoms with Crippen LogP contribution in [0.1, 0.15) is 87.8 Å². The van der Waals surface area contributed by atoms with Gasteiger partial charge in [0.1, 0.15) is 0 Å². The third-order valence-corrected chi connectivity index (χ3v) is 8.06. The van der Waals surface area contributed by atoms with E-state index in [1.807, 2.05) is 0 Å². The molecule has 0 amide bonds. The Labute approximate surface area is 236 Å². The highest BCUT2D eigenvalue weighted by molar-refractivity contribution is 5.66. The van der Waals surface area contributed by atoms with E-state index in [4.69, 9.17) is 4.74 Å². The lowest BCUT2D eigenvalue weighted by molar-refractivity contribution is 0.314. The quantitative estimate of drug-likeness (QED) is 0.123. The number of rotatable bonds is 12. The van der Waals surface area contributed by atoms with Crippen molar-refractivity contribution in [3.05, 3.63) is 101 Å². The standard InChI is InChI=1S/C35H40F4O/c1-3-5-6-9-24-12-14-25(15-13-24)10-7-8-11-26-16-18-27(19-17-26)28-20-21-29(33(37)32(28)36)30-22-23-31(40-4-2)35(39)34(30)38/h8,11-15,20-23,26-27H,3-7,9-10,16-19H2,1-2H3. The molecule has 0 N–H and O–H groups in total. The Morgan fingerprint density at radius 2 is 1.32 bits per heavy atom. The summed E-state index contributed by atoms with van der Waals surface area (Å²) in [4.78, 5) is 0. The fourth-order valence-electron chi connectivity index (χ4n) is 5.71. The molecule has 4 rings (SSSR count). The number of allylic oxidation sites excluding steroid dienone is 2. The Morgan fingerprint density at radius 3 is 1.98 bits per heavy atom. The van der Waals surface area contributed by atoms with E-state index in [1.165, 1.54) is 54.7 Å². The molecule has 0 radical (unpaired) electrons. The minimum Gasteiger partial charge on any atom is -0.491 e. The smallest absolute Gasteiger partial charge is 0.201 e. The van der Waals surface area contributed by atoms with E-state index in [-0.39, 0.29) is 29.4 Å². The molecule has 5 heteroatoms. The summed E-state index contributed by atoms with van der Waals surface area (Å²) < 4.78 is 64.2. The third kappa shape index (κ3) is 7.35. The molecule has 0 heterocycles. The Morgan fingerprint density at radius 1 is 0.700 bits per heavy atom. The van der Waals surface area contributed by atoms with E-state index in [1.54, 1.807) is 6.92 Å². The number of aryl methyl sites for hydroxylation is 2. The normalized spacial score (nSPS) is 17.4. The number of halogens is 4. The summed E-state index contributed by atoms with van der Waals surface area (Å²) in [6, 6.07) is 14.3. The lowest BCUT2D eigenvalue weighted by Crippen LogP contribution is -2.14. The van der Waals surface area contributed by atoms with Crippen molar-refractivity contribution in [1.82, 2.24) is 0 Å². The van der Waals surface area contributed by atoms with Crippen molar-refractivity contribution in [1.29, 1.82) is 0 Å². The molecule has 0 spiro atoms. The van der Waals surface area contributed by atoms with Crippen molar-refractivity contribution in [2.45, 2.75) is 84.0 Å². The summed E-state index contributed by atoms with van der Waals surface area (Å²) in [6.07, 6.45) is 14.8. The van der Waals surface area contributed by atoms with Gasteiger partial charge in [0.15, 0.2) is 23.2 Å². The average Bonchev–Trinajstić information content (AvgIpc) is 2.97. The molecule has 1 aliphatic carbocycles. The molecule has 1 nitrogen and oxygen atoms in total. The van der Waals surface area contributed by atoms with Gasteiger partial charge in [-0.15, -0.1) is 0 Å². The van der Waals surface area contributed by atoms with Crippen LogP contribution in [0, 0.1) is 29.2 Å². The second-order valence-electron chi connectivity index (χ2n) is 10.9. The molecular weight excluding hydrogens is 512 g/mol. The van der Waals surface area contributed by atoms with Crippen molar-refractivity contribution < 1.29 is 22.3 Å². The first-order valence-corrected chi connectivity index (χ1v) is 14.8. The molecule has 0 unspecified atom stereocenters. The van der Waals surface area contributed by atoms with Crippen LogP contribution in [0.5, 0.6) is 5.75 Å². The molecule has 1 fully saturated rings. The van der Waals surface area contributed by atoms with Crippen molar-refractivity contribution in [2.24, 2.45) is 5.92 Å². The lowest BCUT2D eigenvalue weighted by Gasteiger charge is -2.27. The summed E-state index contributed by atoms with van der Waals surface area (Å²) in [5.74, 6) is -4.47. The SMILES string of the molecule is CCCCCc1ccc(CCC=CC2CCC(c3ccc(-c4ccc(OCC)c(F)c4F)c(F)c3F)CC2)cc1. The number of unbranched alkanes of at least 4 members (excludes halogenated alkanes) is 2. The maximum absolute atomic E-state index is 15.1. The molecule has 1 saturated carbocycles. The fourth-order valence-corrected chi connectivity index (χ4v) is 5.71. The predicted octanol–water partition coefficient (Wildman–Crippen LogP) is 10.5. The van der Waals surface area contributed by atoms with Gasteiger partial charge in [0, 0.05) is 11.1 Å². The highest BCUT2D eigenvalue weighted by Crippen LogP contribution is 2.40. The van der Waals surface area contributed by atoms with E-state index >= 15 is 8.78 Å². The number of ether oxygens (including phenoxy) is 1. The van der Waals surface area contributed by atoms with E-state index in [0.717, 1.165) is 44.9 Å². The van der Waals surface area contributed by atoms with Crippen molar-refractivity contribution >= 4 is 0 Å². The Kier molecular flexibility index (Phi) is 10.9. The van der Waals surface area contributed by atoms with Crippen molar-refractivity contribution in [3.63, 3.8) is 0 Å². The van der Waals surface area contributed by atoms with Crippen LogP contribution >= 0.6 is 0 Å². The minimum absolute atomic E-state index is 0.0917. The van der Waals surface area contributed by atoms with Gasteiger partial charge in [0.2, 0.25) is 5.82 Å². The second-order valence-corrected chi connectivity index (χ2v) is 10.9. The Hall–Kier alpha value is -3.08. The molecule has 3 aromatic carbocycles. The highest BCUT2D eigenvalue weighted by Gasteiger charge is 2.27. The maximum atomic E-state index is 15.1. The largest absolute Gasteiger partial charge is 0.491 e. The highest BCUT2D eigenvalue weighted by atomic mass is 19.2. The second kappa shape index (κ2) is 14.5. The first-order chi connectivity index (χ1) is 19.4. The Balaban J connectivity index is 1.30. The van der Waals surface area contributed by atoms with Gasteiger partial charge in [-0.1, -0.05) is 68.3 Å². The van der Waals surface area contributed by atoms with Gasteiger partial charge in [0.05, 0.1) is 6.61 Å². The zero-order chi connectivity index (χ0) is 28.5. The van der Waals surface area contributed by atoms with Crippen LogP contribution in [0.3, 0.4) is 0 Å². The topological polar surface area (TPSA) is 9.23 Å². The molecule has 0 saturated heterocycles. The number of hydrogen-bond acceptors (Lipinski definition) is 1. The predicted molar refractivity (Wildman–Crippen MR) is 155 cm³/mol. The van der Waals surface area contributed by atoms with E-state index in [2.05, 4.69) is 43.3 Å². The third-order valence-electron chi connectivity index (χ3n) is 8.06. The molecule has 214 valence electrons. The zero-order valence-corrected chi connectivity index (χ0v) is 23.6. The first kappa shape index (κ1) is 29.9. The van der Waals surface area contributed by atoms with Gasteiger partial charge < -0.3 is 4.74 Å². The molecule has 0 bridgehead atoms.